The maximum Gasteiger partial charge on any atom is 0.331 e. The molecule has 0 aliphatic carbocycles. The summed E-state index contributed by atoms with van der Waals surface area (Å²) in [5.41, 5.74) is 0.527. The molecule has 0 aliphatic heterocycles. The van der Waals surface area contributed by atoms with Crippen molar-refractivity contribution < 1.29 is 15.0 Å². The summed E-state index contributed by atoms with van der Waals surface area (Å²) in [6.45, 7) is 1.04. The number of aliphatic hydroxyl groups is 1. The predicted octanol–water partition coefficient (Wildman–Crippen LogP) is 2.28. The maximum absolute atomic E-state index is 11.0. The normalized spacial score (nSPS) is 12.1. The van der Waals surface area contributed by atoms with Crippen LogP contribution < -0.4 is 0 Å². The Balaban J connectivity index is 3.77. The molecule has 0 aliphatic rings. The van der Waals surface area contributed by atoms with Gasteiger partial charge in [-0.05, 0) is 39.8 Å². The van der Waals surface area contributed by atoms with Gasteiger partial charge in [-0.25, -0.2) is 4.79 Å². The summed E-state index contributed by atoms with van der Waals surface area (Å²) in [6, 6.07) is 0. The summed E-state index contributed by atoms with van der Waals surface area (Å²) in [5.74, 6) is -0.794. The van der Waals surface area contributed by atoms with Crippen molar-refractivity contribution in [1.29, 1.82) is 0 Å². The Morgan fingerprint density at radius 2 is 1.72 bits per heavy atom. The number of rotatable bonds is 11. The van der Waals surface area contributed by atoms with E-state index in [4.69, 9.17) is 10.2 Å². The molecule has 0 heterocycles. The lowest BCUT2D eigenvalue weighted by molar-refractivity contribution is -0.132. The van der Waals surface area contributed by atoms with Crippen LogP contribution in [-0.2, 0) is 4.79 Å². The van der Waals surface area contributed by atoms with Crippen LogP contribution in [0.3, 0.4) is 0 Å². The monoisotopic (exact) mass is 257 g/mol. The molecule has 2 N–H and O–H groups in total. The number of carboxylic acids is 1. The molecular weight excluding hydrogens is 230 g/mol. The SMILES string of the molecule is CN(C)CCC(=CCCCCCCCO)C(=O)O. The molecule has 0 amide bonds. The van der Waals surface area contributed by atoms with E-state index < -0.39 is 5.97 Å². The summed E-state index contributed by atoms with van der Waals surface area (Å²) in [7, 11) is 3.89. The van der Waals surface area contributed by atoms with Gasteiger partial charge in [0, 0.05) is 18.7 Å². The number of unbranched alkanes of at least 4 members (excludes halogenated alkanes) is 5. The molecule has 0 aromatic heterocycles. The van der Waals surface area contributed by atoms with Gasteiger partial charge < -0.3 is 15.1 Å². The largest absolute Gasteiger partial charge is 0.478 e. The van der Waals surface area contributed by atoms with Gasteiger partial charge in [0.15, 0.2) is 0 Å². The molecule has 0 rings (SSSR count). The van der Waals surface area contributed by atoms with Crippen LogP contribution in [0.25, 0.3) is 0 Å². The third kappa shape index (κ3) is 10.3. The lowest BCUT2D eigenvalue weighted by Crippen LogP contribution is -2.15. The van der Waals surface area contributed by atoms with Gasteiger partial charge in [-0.1, -0.05) is 25.3 Å². The number of allylic oxidation sites excluding steroid dienone is 1. The molecule has 4 heteroatoms. The van der Waals surface area contributed by atoms with Crippen molar-refractivity contribution in [3.05, 3.63) is 11.6 Å². The van der Waals surface area contributed by atoms with Gasteiger partial charge in [-0.2, -0.15) is 0 Å². The molecule has 0 fully saturated rings. The molecule has 0 saturated carbocycles. The minimum atomic E-state index is -0.794. The number of nitrogens with zero attached hydrogens (tertiary/aromatic N) is 1. The van der Waals surface area contributed by atoms with Crippen LogP contribution in [0.5, 0.6) is 0 Å². The first-order valence-electron chi connectivity index (χ1n) is 6.76. The number of hydrogen-bond acceptors (Lipinski definition) is 3. The number of aliphatic carboxylic acids is 1. The number of hydrogen-bond donors (Lipinski definition) is 2. The highest BCUT2D eigenvalue weighted by atomic mass is 16.4. The van der Waals surface area contributed by atoms with Crippen LogP contribution >= 0.6 is 0 Å². The quantitative estimate of drug-likeness (QED) is 0.440. The fourth-order valence-electron chi connectivity index (χ4n) is 1.70. The average Bonchev–Trinajstić information content (AvgIpc) is 2.31. The second kappa shape index (κ2) is 11.2. The first-order valence-corrected chi connectivity index (χ1v) is 6.76. The Hall–Kier alpha value is -0.870. The Bertz CT molecular complexity index is 249. The van der Waals surface area contributed by atoms with E-state index in [1.54, 1.807) is 0 Å². The fraction of sp³-hybridized carbons (Fsp3) is 0.786. The summed E-state index contributed by atoms with van der Waals surface area (Å²) < 4.78 is 0. The van der Waals surface area contributed by atoms with E-state index in [1.807, 2.05) is 25.1 Å². The molecule has 0 unspecified atom stereocenters. The topological polar surface area (TPSA) is 60.8 Å². The summed E-state index contributed by atoms with van der Waals surface area (Å²) in [5, 5.41) is 17.7. The molecule has 4 nitrogen and oxygen atoms in total. The minimum Gasteiger partial charge on any atom is -0.478 e. The molecule has 0 atom stereocenters. The van der Waals surface area contributed by atoms with E-state index in [9.17, 15) is 4.79 Å². The lowest BCUT2D eigenvalue weighted by Gasteiger charge is -2.09. The van der Waals surface area contributed by atoms with E-state index in [-0.39, 0.29) is 6.61 Å². The number of carbonyl (C=O) groups is 1. The van der Waals surface area contributed by atoms with Crippen LogP contribution in [0.4, 0.5) is 0 Å². The number of aliphatic hydroxyl groups excluding tert-OH is 1. The van der Waals surface area contributed by atoms with Crippen LogP contribution in [0.15, 0.2) is 11.6 Å². The van der Waals surface area contributed by atoms with Crippen LogP contribution in [0.2, 0.25) is 0 Å². The Morgan fingerprint density at radius 3 is 2.28 bits per heavy atom. The van der Waals surface area contributed by atoms with Gasteiger partial charge >= 0.3 is 5.97 Å². The van der Waals surface area contributed by atoms with E-state index >= 15 is 0 Å². The third-order valence-electron chi connectivity index (χ3n) is 2.86. The zero-order valence-corrected chi connectivity index (χ0v) is 11.7. The van der Waals surface area contributed by atoms with E-state index in [0.717, 1.165) is 45.1 Å². The highest BCUT2D eigenvalue weighted by Gasteiger charge is 2.06. The summed E-state index contributed by atoms with van der Waals surface area (Å²) >= 11 is 0. The van der Waals surface area contributed by atoms with Crippen molar-refractivity contribution in [2.24, 2.45) is 0 Å². The van der Waals surface area contributed by atoms with Crippen molar-refractivity contribution in [3.63, 3.8) is 0 Å². The predicted molar refractivity (Wildman–Crippen MR) is 73.7 cm³/mol. The smallest absolute Gasteiger partial charge is 0.331 e. The molecule has 0 spiro atoms. The molecule has 0 bridgehead atoms. The van der Waals surface area contributed by atoms with Crippen molar-refractivity contribution in [1.82, 2.24) is 4.90 Å². The average molecular weight is 257 g/mol. The van der Waals surface area contributed by atoms with Crippen molar-refractivity contribution >= 4 is 5.97 Å². The molecule has 0 aromatic carbocycles. The first kappa shape index (κ1) is 17.1. The van der Waals surface area contributed by atoms with Crippen molar-refractivity contribution in [2.45, 2.75) is 44.9 Å². The van der Waals surface area contributed by atoms with E-state index in [2.05, 4.69) is 0 Å². The van der Waals surface area contributed by atoms with Crippen LogP contribution in [0.1, 0.15) is 44.9 Å². The second-order valence-electron chi connectivity index (χ2n) is 4.87. The maximum atomic E-state index is 11.0. The standard InChI is InChI=1S/C14H27NO3/c1-15(2)11-10-13(14(17)18)9-7-5-3-4-6-8-12-16/h9,16H,3-8,10-12H2,1-2H3,(H,17,18). The Labute approximate surface area is 110 Å². The highest BCUT2D eigenvalue weighted by molar-refractivity contribution is 5.86. The van der Waals surface area contributed by atoms with Crippen molar-refractivity contribution in [2.75, 3.05) is 27.2 Å². The zero-order valence-electron chi connectivity index (χ0n) is 11.7. The molecule has 0 aromatic rings. The Kier molecular flexibility index (Phi) is 10.7. The van der Waals surface area contributed by atoms with Gasteiger partial charge in [-0.3, -0.25) is 0 Å². The molecule has 0 saturated heterocycles. The second-order valence-corrected chi connectivity index (χ2v) is 4.87. The van der Waals surface area contributed by atoms with Gasteiger partial charge in [0.05, 0.1) is 0 Å². The summed E-state index contributed by atoms with van der Waals surface area (Å²) in [4.78, 5) is 13.0. The third-order valence-corrected chi connectivity index (χ3v) is 2.86. The zero-order chi connectivity index (χ0) is 13.8. The molecule has 0 radical (unpaired) electrons. The van der Waals surface area contributed by atoms with Gasteiger partial charge in [-0.15, -0.1) is 0 Å². The summed E-state index contributed by atoms with van der Waals surface area (Å²) in [6.07, 6.45) is 8.50. The van der Waals surface area contributed by atoms with Crippen molar-refractivity contribution in [3.8, 4) is 0 Å². The van der Waals surface area contributed by atoms with Gasteiger partial charge in [0.2, 0.25) is 0 Å². The first-order chi connectivity index (χ1) is 8.57. The minimum absolute atomic E-state index is 0.271. The number of carboxylic acid groups (broad SMARTS) is 1. The van der Waals surface area contributed by atoms with Gasteiger partial charge in [0.25, 0.3) is 0 Å². The Morgan fingerprint density at radius 1 is 1.11 bits per heavy atom. The van der Waals surface area contributed by atoms with Crippen LogP contribution in [0, 0.1) is 0 Å². The van der Waals surface area contributed by atoms with Gasteiger partial charge in [0.1, 0.15) is 0 Å². The van der Waals surface area contributed by atoms with E-state index in [0.29, 0.717) is 12.0 Å². The highest BCUT2D eigenvalue weighted by Crippen LogP contribution is 2.09. The van der Waals surface area contributed by atoms with E-state index in [1.165, 1.54) is 0 Å². The molecule has 106 valence electrons. The lowest BCUT2D eigenvalue weighted by atomic mass is 10.1. The van der Waals surface area contributed by atoms with Crippen LogP contribution in [-0.4, -0.2) is 48.3 Å². The fourth-order valence-corrected chi connectivity index (χ4v) is 1.70. The molecular formula is C14H27NO3. The molecule has 18 heavy (non-hydrogen) atoms.